The van der Waals surface area contributed by atoms with Crippen LogP contribution >= 0.6 is 11.7 Å². The zero-order valence-corrected chi connectivity index (χ0v) is 14.3. The Morgan fingerprint density at radius 3 is 2.62 bits per heavy atom. The molecule has 0 bridgehead atoms. The zero-order chi connectivity index (χ0) is 17.2. The molecule has 0 amide bonds. The van der Waals surface area contributed by atoms with Crippen molar-refractivity contribution in [3.05, 3.63) is 0 Å². The molecule has 0 aliphatic carbocycles. The maximum Gasteiger partial charge on any atom is 0.391 e. The first kappa shape index (κ1) is 17.7. The predicted octanol–water partition coefficient (Wildman–Crippen LogP) is 2.03. The molecule has 2 saturated heterocycles. The molecule has 1 aromatic rings. The summed E-state index contributed by atoms with van der Waals surface area (Å²) in [5.74, 6) is 1.18. The number of ether oxygens (including phenoxy) is 2. The topological polar surface area (TPSA) is 50.7 Å². The second kappa shape index (κ2) is 7.01. The van der Waals surface area contributed by atoms with Gasteiger partial charge in [0.05, 0.1) is 31.4 Å². The van der Waals surface area contributed by atoms with Crippen LogP contribution in [-0.4, -0.2) is 72.9 Å². The van der Waals surface area contributed by atoms with Crippen LogP contribution in [0.4, 0.5) is 19.0 Å². The molecule has 3 heterocycles. The molecule has 0 unspecified atom stereocenters. The lowest BCUT2D eigenvalue weighted by Gasteiger charge is -2.48. The average molecular weight is 366 g/mol. The highest BCUT2D eigenvalue weighted by Gasteiger charge is 2.48. The molecule has 0 atom stereocenters. The second-order valence-electron chi connectivity index (χ2n) is 6.56. The molecule has 0 radical (unpaired) electrons. The minimum Gasteiger partial charge on any atom is -0.472 e. The van der Waals surface area contributed by atoms with Gasteiger partial charge in [0, 0.05) is 25.0 Å². The number of likely N-dealkylation sites (tertiary alicyclic amines) is 1. The van der Waals surface area contributed by atoms with Gasteiger partial charge in [-0.2, -0.15) is 17.5 Å². The fourth-order valence-corrected chi connectivity index (χ4v) is 3.80. The van der Waals surface area contributed by atoms with Crippen LogP contribution in [0.25, 0.3) is 0 Å². The highest BCUT2D eigenvalue weighted by Crippen LogP contribution is 2.43. The van der Waals surface area contributed by atoms with Crippen LogP contribution in [0.15, 0.2) is 0 Å². The highest BCUT2D eigenvalue weighted by molar-refractivity contribution is 6.99. The first-order valence-corrected chi connectivity index (χ1v) is 8.63. The van der Waals surface area contributed by atoms with E-state index in [1.165, 1.54) is 6.42 Å². The van der Waals surface area contributed by atoms with Crippen molar-refractivity contribution in [3.8, 4) is 5.88 Å². The van der Waals surface area contributed by atoms with Crippen molar-refractivity contribution in [1.82, 2.24) is 13.6 Å². The largest absolute Gasteiger partial charge is 0.472 e. The molecule has 1 spiro atoms. The van der Waals surface area contributed by atoms with Crippen LogP contribution in [0.2, 0.25) is 0 Å². The zero-order valence-electron chi connectivity index (χ0n) is 13.5. The Kier molecular flexibility index (Phi) is 5.16. The number of halogens is 3. The standard InChI is InChI=1S/C14H21F3N4O2S/c1-20-4-2-13(8-20)9-21(10-13)11-12(19-24-18-11)23-7-6-22-5-3-14(15,16)17/h2-10H2,1H3. The Morgan fingerprint density at radius 2 is 1.96 bits per heavy atom. The lowest BCUT2D eigenvalue weighted by atomic mass is 9.79. The van der Waals surface area contributed by atoms with Crippen LogP contribution in [0, 0.1) is 5.41 Å². The van der Waals surface area contributed by atoms with E-state index in [1.54, 1.807) is 0 Å². The molecule has 0 saturated carbocycles. The number of nitrogens with zero attached hydrogens (tertiary/aromatic N) is 4. The third-order valence-electron chi connectivity index (χ3n) is 4.42. The molecule has 2 aliphatic heterocycles. The van der Waals surface area contributed by atoms with Gasteiger partial charge in [0.25, 0.3) is 5.88 Å². The quantitative estimate of drug-likeness (QED) is 0.689. The van der Waals surface area contributed by atoms with E-state index < -0.39 is 12.6 Å². The molecule has 1 aromatic heterocycles. The molecule has 10 heteroatoms. The Hall–Kier alpha value is -1.13. The van der Waals surface area contributed by atoms with Gasteiger partial charge in [-0.15, -0.1) is 4.37 Å². The van der Waals surface area contributed by atoms with Gasteiger partial charge < -0.3 is 19.3 Å². The van der Waals surface area contributed by atoms with Gasteiger partial charge in [0.1, 0.15) is 6.61 Å². The van der Waals surface area contributed by atoms with E-state index in [4.69, 9.17) is 9.47 Å². The van der Waals surface area contributed by atoms with Crippen LogP contribution in [0.3, 0.4) is 0 Å². The predicted molar refractivity (Wildman–Crippen MR) is 83.7 cm³/mol. The molecule has 2 fully saturated rings. The van der Waals surface area contributed by atoms with Gasteiger partial charge in [-0.1, -0.05) is 0 Å². The van der Waals surface area contributed by atoms with E-state index in [9.17, 15) is 13.2 Å². The van der Waals surface area contributed by atoms with Crippen molar-refractivity contribution in [2.45, 2.75) is 19.0 Å². The monoisotopic (exact) mass is 366 g/mol. The number of hydrogen-bond donors (Lipinski definition) is 0. The minimum absolute atomic E-state index is 0.0990. The molecule has 2 aliphatic rings. The van der Waals surface area contributed by atoms with Gasteiger partial charge in [-0.3, -0.25) is 0 Å². The number of aromatic nitrogens is 2. The third-order valence-corrected chi connectivity index (χ3v) is 4.92. The van der Waals surface area contributed by atoms with Crippen molar-refractivity contribution in [2.75, 3.05) is 57.9 Å². The SMILES string of the molecule is CN1CCC2(C1)CN(c1nsnc1OCCOCCC(F)(F)F)C2. The summed E-state index contributed by atoms with van der Waals surface area (Å²) in [6, 6.07) is 0. The molecule has 0 aromatic carbocycles. The van der Waals surface area contributed by atoms with Gasteiger partial charge in [0.2, 0.25) is 5.82 Å². The van der Waals surface area contributed by atoms with E-state index in [0.29, 0.717) is 11.3 Å². The van der Waals surface area contributed by atoms with Gasteiger partial charge in [0.15, 0.2) is 0 Å². The molecular formula is C14H21F3N4O2S. The fraction of sp³-hybridized carbons (Fsp3) is 0.857. The Labute approximate surface area is 142 Å². The summed E-state index contributed by atoms with van der Waals surface area (Å²) in [5, 5.41) is 0. The van der Waals surface area contributed by atoms with Crippen molar-refractivity contribution in [3.63, 3.8) is 0 Å². The Morgan fingerprint density at radius 1 is 1.17 bits per heavy atom. The summed E-state index contributed by atoms with van der Waals surface area (Å²) in [6.07, 6.45) is -3.93. The van der Waals surface area contributed by atoms with E-state index in [2.05, 4.69) is 25.6 Å². The van der Waals surface area contributed by atoms with Gasteiger partial charge in [-0.25, -0.2) is 0 Å². The maximum absolute atomic E-state index is 12.0. The summed E-state index contributed by atoms with van der Waals surface area (Å²) in [6.45, 7) is 4.03. The first-order valence-electron chi connectivity index (χ1n) is 7.90. The van der Waals surface area contributed by atoms with Crippen LogP contribution in [-0.2, 0) is 4.74 Å². The van der Waals surface area contributed by atoms with E-state index >= 15 is 0 Å². The van der Waals surface area contributed by atoms with E-state index in [1.807, 2.05) is 0 Å². The number of rotatable bonds is 7. The second-order valence-corrected chi connectivity index (χ2v) is 7.09. The lowest BCUT2D eigenvalue weighted by Crippen LogP contribution is -2.57. The highest BCUT2D eigenvalue weighted by atomic mass is 32.1. The van der Waals surface area contributed by atoms with Crippen LogP contribution in [0.5, 0.6) is 5.88 Å². The summed E-state index contributed by atoms with van der Waals surface area (Å²) >= 11 is 1.08. The van der Waals surface area contributed by atoms with Crippen molar-refractivity contribution in [1.29, 1.82) is 0 Å². The maximum atomic E-state index is 12.0. The molecule has 24 heavy (non-hydrogen) atoms. The minimum atomic E-state index is -4.19. The summed E-state index contributed by atoms with van der Waals surface area (Å²) in [5.41, 5.74) is 0.357. The summed E-state index contributed by atoms with van der Waals surface area (Å²) in [7, 11) is 2.13. The average Bonchev–Trinajstić information content (AvgIpc) is 3.06. The van der Waals surface area contributed by atoms with E-state index in [-0.39, 0.29) is 19.8 Å². The molecular weight excluding hydrogens is 345 g/mol. The smallest absolute Gasteiger partial charge is 0.391 e. The van der Waals surface area contributed by atoms with Crippen LogP contribution in [0.1, 0.15) is 12.8 Å². The molecule has 0 N–H and O–H groups in total. The molecule has 6 nitrogen and oxygen atoms in total. The summed E-state index contributed by atoms with van der Waals surface area (Å²) < 4.78 is 54.8. The Balaban J connectivity index is 1.39. The molecule has 3 rings (SSSR count). The number of anilines is 1. The van der Waals surface area contributed by atoms with Gasteiger partial charge >= 0.3 is 6.18 Å². The Bertz CT molecular complexity index is 548. The fourth-order valence-electron chi connectivity index (χ4n) is 3.28. The van der Waals surface area contributed by atoms with E-state index in [0.717, 1.165) is 43.7 Å². The lowest BCUT2D eigenvalue weighted by molar-refractivity contribution is -0.145. The third kappa shape index (κ3) is 4.28. The van der Waals surface area contributed by atoms with Crippen molar-refractivity contribution < 1.29 is 22.6 Å². The number of hydrogen-bond acceptors (Lipinski definition) is 7. The summed E-state index contributed by atoms with van der Waals surface area (Å²) in [4.78, 5) is 4.49. The first-order chi connectivity index (χ1) is 11.4. The van der Waals surface area contributed by atoms with Crippen molar-refractivity contribution >= 4 is 17.5 Å². The van der Waals surface area contributed by atoms with Crippen molar-refractivity contribution in [2.24, 2.45) is 5.41 Å². The molecule has 136 valence electrons. The number of alkyl halides is 3. The van der Waals surface area contributed by atoms with Gasteiger partial charge in [-0.05, 0) is 20.0 Å². The normalized spacial score (nSPS) is 20.6. The van der Waals surface area contributed by atoms with Crippen LogP contribution < -0.4 is 9.64 Å².